The molecule has 0 bridgehead atoms. The minimum absolute atomic E-state index is 0.0429. The predicted molar refractivity (Wildman–Crippen MR) is 98.8 cm³/mol. The average molecular weight is 402 g/mol. The molecule has 0 aromatic carbocycles. The fourth-order valence-corrected chi connectivity index (χ4v) is 3.08. The van der Waals surface area contributed by atoms with Crippen LogP contribution in [0.1, 0.15) is 12.8 Å². The van der Waals surface area contributed by atoms with Crippen LogP contribution in [-0.2, 0) is 23.9 Å². The number of nitrogens with zero attached hydrogens (tertiary/aromatic N) is 3. The smallest absolute Gasteiger partial charge is 0.320 e. The van der Waals surface area contributed by atoms with Crippen molar-refractivity contribution in [2.24, 2.45) is 0 Å². The van der Waals surface area contributed by atoms with E-state index in [4.69, 9.17) is 9.84 Å². The molecule has 3 N–H and O–H groups in total. The molecule has 1 rings (SSSR count). The zero-order valence-corrected chi connectivity index (χ0v) is 16.4. The summed E-state index contributed by atoms with van der Waals surface area (Å²) in [6.07, 6.45) is 0.222. The van der Waals surface area contributed by atoms with Crippen LogP contribution in [0.3, 0.4) is 0 Å². The van der Waals surface area contributed by atoms with E-state index in [2.05, 4.69) is 5.32 Å². The van der Waals surface area contributed by atoms with Gasteiger partial charge in [-0.25, -0.2) is 0 Å². The summed E-state index contributed by atoms with van der Waals surface area (Å²) in [5.41, 5.74) is 0. The summed E-state index contributed by atoms with van der Waals surface area (Å²) >= 11 is 0. The summed E-state index contributed by atoms with van der Waals surface area (Å²) in [5, 5.41) is 21.2. The fraction of sp³-hybridized carbons (Fsp3) is 0.765. The zero-order valence-electron chi connectivity index (χ0n) is 16.4. The minimum atomic E-state index is -1.03. The Morgan fingerprint density at radius 3 is 1.96 bits per heavy atom. The van der Waals surface area contributed by atoms with Crippen LogP contribution in [0, 0.1) is 0 Å². The van der Waals surface area contributed by atoms with Crippen molar-refractivity contribution in [3.05, 3.63) is 0 Å². The van der Waals surface area contributed by atoms with Crippen molar-refractivity contribution in [2.45, 2.75) is 18.9 Å². The van der Waals surface area contributed by atoms with Crippen molar-refractivity contribution in [1.82, 2.24) is 20.0 Å². The molecule has 1 heterocycles. The molecule has 0 spiro atoms. The van der Waals surface area contributed by atoms with Gasteiger partial charge in [0.1, 0.15) is 6.04 Å². The van der Waals surface area contributed by atoms with E-state index in [1.807, 2.05) is 4.90 Å². The van der Waals surface area contributed by atoms with Gasteiger partial charge in [-0.15, -0.1) is 0 Å². The second-order valence-corrected chi connectivity index (χ2v) is 6.62. The topological polar surface area (TPSA) is 140 Å². The Balaban J connectivity index is 2.91. The molecule has 28 heavy (non-hydrogen) atoms. The molecule has 0 radical (unpaired) electrons. The van der Waals surface area contributed by atoms with Crippen molar-refractivity contribution < 1.29 is 34.1 Å². The quantitative estimate of drug-likeness (QED) is 0.376. The van der Waals surface area contributed by atoms with Crippen LogP contribution < -0.4 is 5.32 Å². The number of carbonyl (C=O) groups excluding carboxylic acids is 2. The highest BCUT2D eigenvalue weighted by atomic mass is 16.5. The first-order chi connectivity index (χ1) is 13.3. The minimum Gasteiger partial charge on any atom is -0.480 e. The molecular weight excluding hydrogens is 372 g/mol. The van der Waals surface area contributed by atoms with Crippen LogP contribution >= 0.6 is 0 Å². The largest absolute Gasteiger partial charge is 0.480 e. The van der Waals surface area contributed by atoms with E-state index in [1.165, 1.54) is 14.2 Å². The highest BCUT2D eigenvalue weighted by molar-refractivity contribution is 5.78. The first-order valence-corrected chi connectivity index (χ1v) is 9.17. The molecule has 11 nitrogen and oxygen atoms in total. The SMILES string of the molecule is CNC(=O)CCC(C(=O)O)N1CCN(CC(=O)O)CCN(CC(=O)OC)CC1. The number of carboxylic acid groups (broad SMARTS) is 2. The van der Waals surface area contributed by atoms with E-state index in [0.29, 0.717) is 39.3 Å². The summed E-state index contributed by atoms with van der Waals surface area (Å²) in [4.78, 5) is 51.3. The number of hydrogen-bond acceptors (Lipinski definition) is 8. The third kappa shape index (κ3) is 8.63. The summed E-state index contributed by atoms with van der Waals surface area (Å²) in [7, 11) is 2.79. The lowest BCUT2D eigenvalue weighted by Crippen LogP contribution is -2.47. The van der Waals surface area contributed by atoms with E-state index in [1.54, 1.807) is 9.80 Å². The average Bonchev–Trinajstić information content (AvgIpc) is 2.73. The Kier molecular flexibility index (Phi) is 10.4. The van der Waals surface area contributed by atoms with E-state index < -0.39 is 23.9 Å². The number of carboxylic acids is 2. The van der Waals surface area contributed by atoms with Gasteiger partial charge in [-0.3, -0.25) is 33.9 Å². The highest BCUT2D eigenvalue weighted by Gasteiger charge is 2.28. The van der Waals surface area contributed by atoms with Crippen LogP contribution in [0.5, 0.6) is 0 Å². The number of hydrogen-bond donors (Lipinski definition) is 3. The Hall–Kier alpha value is -2.24. The van der Waals surface area contributed by atoms with Crippen LogP contribution in [0.2, 0.25) is 0 Å². The number of esters is 1. The Morgan fingerprint density at radius 2 is 1.50 bits per heavy atom. The van der Waals surface area contributed by atoms with Gasteiger partial charge in [-0.2, -0.15) is 0 Å². The first kappa shape index (κ1) is 23.8. The summed E-state index contributed by atoms with van der Waals surface area (Å²) in [5.74, 6) is -2.66. The van der Waals surface area contributed by atoms with E-state index >= 15 is 0 Å². The fourth-order valence-electron chi connectivity index (χ4n) is 3.08. The third-order valence-electron chi connectivity index (χ3n) is 4.73. The maximum absolute atomic E-state index is 11.8. The second-order valence-electron chi connectivity index (χ2n) is 6.62. The molecule has 1 aliphatic heterocycles. The normalized spacial score (nSPS) is 18.4. The Morgan fingerprint density at radius 1 is 0.964 bits per heavy atom. The number of methoxy groups -OCH3 is 1. The first-order valence-electron chi connectivity index (χ1n) is 9.17. The number of nitrogens with one attached hydrogen (secondary N) is 1. The molecule has 0 aliphatic carbocycles. The van der Waals surface area contributed by atoms with Gasteiger partial charge < -0.3 is 20.3 Å². The molecule has 160 valence electrons. The predicted octanol–water partition coefficient (Wildman–Crippen LogP) is -1.86. The molecule has 1 atom stereocenters. The number of rotatable bonds is 9. The van der Waals surface area contributed by atoms with Gasteiger partial charge in [0.25, 0.3) is 0 Å². The van der Waals surface area contributed by atoms with Crippen molar-refractivity contribution in [3.63, 3.8) is 0 Å². The van der Waals surface area contributed by atoms with Crippen molar-refractivity contribution in [3.8, 4) is 0 Å². The molecule has 0 aromatic rings. The number of carbonyl (C=O) groups is 4. The molecule has 11 heteroatoms. The maximum Gasteiger partial charge on any atom is 0.320 e. The van der Waals surface area contributed by atoms with Gasteiger partial charge in [-0.05, 0) is 6.42 Å². The summed E-state index contributed by atoms with van der Waals surface area (Å²) in [6.45, 7) is 2.31. The molecule has 1 fully saturated rings. The lowest BCUT2D eigenvalue weighted by Gasteiger charge is -2.30. The Bertz CT molecular complexity index is 558. The van der Waals surface area contributed by atoms with Crippen LogP contribution in [-0.4, -0.2) is 121 Å². The van der Waals surface area contributed by atoms with Gasteiger partial charge in [-0.1, -0.05) is 0 Å². The number of aliphatic carboxylic acids is 2. The highest BCUT2D eigenvalue weighted by Crippen LogP contribution is 2.11. The molecule has 1 saturated heterocycles. The lowest BCUT2D eigenvalue weighted by molar-refractivity contribution is -0.145. The summed E-state index contributed by atoms with van der Waals surface area (Å²) < 4.78 is 4.70. The summed E-state index contributed by atoms with van der Waals surface area (Å²) in [6, 6.07) is -0.873. The van der Waals surface area contributed by atoms with E-state index in [-0.39, 0.29) is 31.8 Å². The van der Waals surface area contributed by atoms with Crippen LogP contribution in [0.4, 0.5) is 0 Å². The van der Waals surface area contributed by atoms with Crippen LogP contribution in [0.25, 0.3) is 0 Å². The molecule has 0 aromatic heterocycles. The second kappa shape index (κ2) is 12.3. The molecule has 1 unspecified atom stereocenters. The molecular formula is C17H30N4O7. The van der Waals surface area contributed by atoms with Crippen molar-refractivity contribution in [1.29, 1.82) is 0 Å². The van der Waals surface area contributed by atoms with Crippen LogP contribution in [0.15, 0.2) is 0 Å². The maximum atomic E-state index is 11.8. The van der Waals surface area contributed by atoms with Gasteiger partial charge in [0.2, 0.25) is 5.91 Å². The van der Waals surface area contributed by atoms with Crippen molar-refractivity contribution in [2.75, 3.05) is 66.5 Å². The number of ether oxygens (including phenoxy) is 1. The lowest BCUT2D eigenvalue weighted by atomic mass is 10.1. The van der Waals surface area contributed by atoms with E-state index in [0.717, 1.165) is 0 Å². The third-order valence-corrected chi connectivity index (χ3v) is 4.73. The van der Waals surface area contributed by atoms with Crippen molar-refractivity contribution >= 4 is 23.8 Å². The number of amides is 1. The zero-order chi connectivity index (χ0) is 21.1. The monoisotopic (exact) mass is 402 g/mol. The van der Waals surface area contributed by atoms with Gasteiger partial charge in [0.05, 0.1) is 20.2 Å². The molecule has 0 saturated carbocycles. The molecule has 1 amide bonds. The van der Waals surface area contributed by atoms with Gasteiger partial charge in [0.15, 0.2) is 0 Å². The van der Waals surface area contributed by atoms with Gasteiger partial charge in [0, 0.05) is 52.7 Å². The molecule has 1 aliphatic rings. The standard InChI is InChI=1S/C17H30N4O7/c1-18-14(22)4-3-13(17(26)27)21-9-7-19(11-15(23)24)5-6-20(8-10-21)12-16(25)28-2/h13H,3-12H2,1-2H3,(H,18,22)(H,23,24)(H,26,27). The van der Waals surface area contributed by atoms with E-state index in [9.17, 15) is 24.3 Å². The van der Waals surface area contributed by atoms with Gasteiger partial charge >= 0.3 is 17.9 Å². The Labute approximate surface area is 164 Å².